The second kappa shape index (κ2) is 9.74. The SMILES string of the molecule is CC1CCCN(CCCNC(=O)COc2cccc(N3CCCC3=O)c2)C1. The molecule has 1 N–H and O–H groups in total. The van der Waals surface area contributed by atoms with Crippen LogP contribution in [0.1, 0.15) is 39.0 Å². The third-order valence-electron chi connectivity index (χ3n) is 5.29. The Balaban J connectivity index is 1.35. The minimum Gasteiger partial charge on any atom is -0.484 e. The summed E-state index contributed by atoms with van der Waals surface area (Å²) in [5.74, 6) is 1.44. The van der Waals surface area contributed by atoms with Gasteiger partial charge in [-0.15, -0.1) is 0 Å². The van der Waals surface area contributed by atoms with Crippen LogP contribution in [0.15, 0.2) is 24.3 Å². The highest BCUT2D eigenvalue weighted by Gasteiger charge is 2.22. The van der Waals surface area contributed by atoms with Gasteiger partial charge in [0.15, 0.2) is 6.61 Å². The normalized spacial score (nSPS) is 20.7. The topological polar surface area (TPSA) is 61.9 Å². The number of likely N-dealkylation sites (tertiary alicyclic amines) is 1. The lowest BCUT2D eigenvalue weighted by Crippen LogP contribution is -2.37. The van der Waals surface area contributed by atoms with E-state index in [1.807, 2.05) is 24.3 Å². The van der Waals surface area contributed by atoms with Crippen molar-refractivity contribution < 1.29 is 14.3 Å². The number of rotatable bonds is 8. The fourth-order valence-corrected chi connectivity index (χ4v) is 3.88. The molecule has 1 atom stereocenters. The molecule has 2 heterocycles. The van der Waals surface area contributed by atoms with Gasteiger partial charge in [-0.05, 0) is 56.8 Å². The lowest BCUT2D eigenvalue weighted by molar-refractivity contribution is -0.123. The molecule has 1 aromatic rings. The minimum atomic E-state index is -0.107. The van der Waals surface area contributed by atoms with Crippen LogP contribution in [0, 0.1) is 5.92 Å². The molecule has 2 fully saturated rings. The highest BCUT2D eigenvalue weighted by Crippen LogP contribution is 2.25. The van der Waals surface area contributed by atoms with E-state index in [-0.39, 0.29) is 18.4 Å². The van der Waals surface area contributed by atoms with Crippen molar-refractivity contribution in [3.05, 3.63) is 24.3 Å². The van der Waals surface area contributed by atoms with Gasteiger partial charge in [-0.3, -0.25) is 9.59 Å². The first kappa shape index (κ1) is 19.7. The molecular formula is C21H31N3O3. The second-order valence-corrected chi connectivity index (χ2v) is 7.69. The zero-order chi connectivity index (χ0) is 19.1. The summed E-state index contributed by atoms with van der Waals surface area (Å²) in [6.45, 7) is 7.12. The molecule has 2 amide bonds. The lowest BCUT2D eigenvalue weighted by Gasteiger charge is -2.30. The van der Waals surface area contributed by atoms with Gasteiger partial charge in [-0.25, -0.2) is 0 Å². The summed E-state index contributed by atoms with van der Waals surface area (Å²) >= 11 is 0. The molecule has 0 saturated carbocycles. The van der Waals surface area contributed by atoms with Gasteiger partial charge in [-0.1, -0.05) is 13.0 Å². The summed E-state index contributed by atoms with van der Waals surface area (Å²) in [6, 6.07) is 7.40. The minimum absolute atomic E-state index is 0.00184. The van der Waals surface area contributed by atoms with Crippen molar-refractivity contribution in [1.29, 1.82) is 0 Å². The number of hydrogen-bond acceptors (Lipinski definition) is 4. The average Bonchev–Trinajstić information content (AvgIpc) is 3.10. The van der Waals surface area contributed by atoms with E-state index in [9.17, 15) is 9.59 Å². The number of nitrogens with zero attached hydrogens (tertiary/aromatic N) is 2. The molecule has 0 spiro atoms. The van der Waals surface area contributed by atoms with Crippen molar-refractivity contribution in [2.45, 2.75) is 39.0 Å². The molecule has 2 aliphatic heterocycles. The zero-order valence-electron chi connectivity index (χ0n) is 16.3. The summed E-state index contributed by atoms with van der Waals surface area (Å²) in [5, 5.41) is 2.93. The van der Waals surface area contributed by atoms with Crippen LogP contribution in [-0.4, -0.2) is 56.0 Å². The number of nitrogens with one attached hydrogen (secondary N) is 1. The zero-order valence-corrected chi connectivity index (χ0v) is 16.3. The van der Waals surface area contributed by atoms with E-state index in [2.05, 4.69) is 17.1 Å². The number of anilines is 1. The molecule has 1 aromatic carbocycles. The van der Waals surface area contributed by atoms with Gasteiger partial charge < -0.3 is 19.9 Å². The number of carbonyl (C=O) groups is 2. The number of hydrogen-bond donors (Lipinski definition) is 1. The van der Waals surface area contributed by atoms with Gasteiger partial charge in [0.25, 0.3) is 5.91 Å². The molecule has 3 rings (SSSR count). The maximum atomic E-state index is 12.0. The van der Waals surface area contributed by atoms with E-state index in [0.29, 0.717) is 18.7 Å². The maximum Gasteiger partial charge on any atom is 0.257 e. The summed E-state index contributed by atoms with van der Waals surface area (Å²) in [7, 11) is 0. The predicted molar refractivity (Wildman–Crippen MR) is 106 cm³/mol. The molecule has 148 valence electrons. The molecule has 0 aromatic heterocycles. The summed E-state index contributed by atoms with van der Waals surface area (Å²) in [5.41, 5.74) is 0.839. The smallest absolute Gasteiger partial charge is 0.257 e. The number of piperidine rings is 1. The Morgan fingerprint density at radius 2 is 2.19 bits per heavy atom. The van der Waals surface area contributed by atoms with Crippen LogP contribution in [0.2, 0.25) is 0 Å². The monoisotopic (exact) mass is 373 g/mol. The number of ether oxygens (including phenoxy) is 1. The molecular weight excluding hydrogens is 342 g/mol. The van der Waals surface area contributed by atoms with Crippen molar-refractivity contribution in [2.24, 2.45) is 5.92 Å². The van der Waals surface area contributed by atoms with Gasteiger partial charge in [-0.2, -0.15) is 0 Å². The summed E-state index contributed by atoms with van der Waals surface area (Å²) < 4.78 is 5.60. The van der Waals surface area contributed by atoms with Crippen LogP contribution in [0.25, 0.3) is 0 Å². The maximum absolute atomic E-state index is 12.0. The first-order valence-corrected chi connectivity index (χ1v) is 10.1. The first-order valence-electron chi connectivity index (χ1n) is 10.1. The Bertz CT molecular complexity index is 649. The highest BCUT2D eigenvalue weighted by molar-refractivity contribution is 5.95. The van der Waals surface area contributed by atoms with E-state index < -0.39 is 0 Å². The van der Waals surface area contributed by atoms with Gasteiger partial charge in [0.1, 0.15) is 5.75 Å². The van der Waals surface area contributed by atoms with Crippen molar-refractivity contribution in [3.8, 4) is 5.75 Å². The van der Waals surface area contributed by atoms with Gasteiger partial charge in [0.05, 0.1) is 0 Å². The molecule has 6 heteroatoms. The van der Waals surface area contributed by atoms with E-state index in [0.717, 1.165) is 37.5 Å². The average molecular weight is 373 g/mol. The summed E-state index contributed by atoms with van der Waals surface area (Å²) in [6.07, 6.45) is 5.07. The van der Waals surface area contributed by atoms with Crippen molar-refractivity contribution in [1.82, 2.24) is 10.2 Å². The van der Waals surface area contributed by atoms with Crippen molar-refractivity contribution in [3.63, 3.8) is 0 Å². The van der Waals surface area contributed by atoms with Crippen LogP contribution in [-0.2, 0) is 9.59 Å². The van der Waals surface area contributed by atoms with Crippen LogP contribution in [0.4, 0.5) is 5.69 Å². The standard InChI is InChI=1S/C21H31N3O3/c1-17-6-3-11-23(15-17)12-5-10-22-20(25)16-27-19-8-2-7-18(14-19)24-13-4-9-21(24)26/h2,7-8,14,17H,3-6,9-13,15-16H2,1H3,(H,22,25). The number of benzene rings is 1. The van der Waals surface area contributed by atoms with Crippen LogP contribution in [0.3, 0.4) is 0 Å². The summed E-state index contributed by atoms with van der Waals surface area (Å²) in [4.78, 5) is 28.1. The molecule has 2 aliphatic rings. The van der Waals surface area contributed by atoms with E-state index in [1.165, 1.54) is 25.9 Å². The number of carbonyl (C=O) groups excluding carboxylic acids is 2. The Labute approximate surface area is 161 Å². The van der Waals surface area contributed by atoms with Crippen molar-refractivity contribution >= 4 is 17.5 Å². The van der Waals surface area contributed by atoms with Gasteiger partial charge in [0.2, 0.25) is 5.91 Å². The van der Waals surface area contributed by atoms with E-state index in [1.54, 1.807) is 4.90 Å². The molecule has 2 saturated heterocycles. The quantitative estimate of drug-likeness (QED) is 0.711. The molecule has 0 aliphatic carbocycles. The van der Waals surface area contributed by atoms with Crippen LogP contribution < -0.4 is 15.0 Å². The Hall–Kier alpha value is -2.08. The van der Waals surface area contributed by atoms with E-state index in [4.69, 9.17) is 4.74 Å². The molecule has 27 heavy (non-hydrogen) atoms. The van der Waals surface area contributed by atoms with Gasteiger partial charge >= 0.3 is 0 Å². The van der Waals surface area contributed by atoms with Gasteiger partial charge in [0, 0.05) is 37.8 Å². The third-order valence-corrected chi connectivity index (χ3v) is 5.29. The highest BCUT2D eigenvalue weighted by atomic mass is 16.5. The Morgan fingerprint density at radius 1 is 1.30 bits per heavy atom. The molecule has 1 unspecified atom stereocenters. The largest absolute Gasteiger partial charge is 0.484 e. The molecule has 0 radical (unpaired) electrons. The fraction of sp³-hybridized carbons (Fsp3) is 0.619. The number of amides is 2. The Kier molecular flexibility index (Phi) is 7.10. The van der Waals surface area contributed by atoms with E-state index >= 15 is 0 Å². The second-order valence-electron chi connectivity index (χ2n) is 7.69. The predicted octanol–water partition coefficient (Wildman–Crippen LogP) is 2.43. The molecule has 6 nitrogen and oxygen atoms in total. The van der Waals surface area contributed by atoms with Crippen LogP contribution in [0.5, 0.6) is 5.75 Å². The third kappa shape index (κ3) is 5.96. The lowest BCUT2D eigenvalue weighted by atomic mass is 10.0. The van der Waals surface area contributed by atoms with Crippen LogP contribution >= 0.6 is 0 Å². The first-order chi connectivity index (χ1) is 13.1. The fourth-order valence-electron chi connectivity index (χ4n) is 3.88. The molecule has 0 bridgehead atoms. The Morgan fingerprint density at radius 3 is 2.96 bits per heavy atom. The van der Waals surface area contributed by atoms with Crippen molar-refractivity contribution in [2.75, 3.05) is 44.2 Å².